The highest BCUT2D eigenvalue weighted by Gasteiger charge is 2.06. The van der Waals surface area contributed by atoms with Crippen molar-refractivity contribution in [2.24, 2.45) is 4.99 Å². The molecule has 0 radical (unpaired) electrons. The molecule has 2 rings (SSSR count). The Balaban J connectivity index is 0.00000512. The zero-order valence-corrected chi connectivity index (χ0v) is 21.6. The molecule has 0 heterocycles. The van der Waals surface area contributed by atoms with E-state index >= 15 is 0 Å². The Bertz CT molecular complexity index is 843. The van der Waals surface area contributed by atoms with Crippen LogP contribution in [0.3, 0.4) is 0 Å². The first-order valence-electron chi connectivity index (χ1n) is 10.7. The molecule has 0 aliphatic heterocycles. The van der Waals surface area contributed by atoms with Crippen molar-refractivity contribution >= 4 is 41.5 Å². The summed E-state index contributed by atoms with van der Waals surface area (Å²) in [6, 6.07) is 15.5. The van der Waals surface area contributed by atoms with Crippen LogP contribution in [-0.2, 0) is 4.79 Å². The molecule has 0 spiro atoms. The Kier molecular flexibility index (Phi) is 13.2. The smallest absolute Gasteiger partial charge is 0.221 e. The molecule has 0 saturated carbocycles. The molecule has 3 N–H and O–H groups in total. The van der Waals surface area contributed by atoms with Crippen LogP contribution >= 0.6 is 24.0 Å². The standard InChI is InChI=1S/C24H34N4O3.HI/c1-5-25-24(26-14-13-18(2)20-9-11-22(30-4)12-10-20)27-15-16-31-23-8-6-7-21(17-23)28-19(3)29;/h6-12,17-18H,5,13-16H2,1-4H3,(H,28,29)(H2,25,26,27);1H. The van der Waals surface area contributed by atoms with Crippen LogP contribution in [0, 0.1) is 0 Å². The van der Waals surface area contributed by atoms with E-state index in [4.69, 9.17) is 9.47 Å². The second-order valence-electron chi connectivity index (χ2n) is 7.21. The van der Waals surface area contributed by atoms with Crippen molar-refractivity contribution < 1.29 is 14.3 Å². The molecular weight excluding hydrogens is 519 g/mol. The van der Waals surface area contributed by atoms with E-state index in [-0.39, 0.29) is 29.9 Å². The second-order valence-corrected chi connectivity index (χ2v) is 7.21. The molecule has 0 aliphatic carbocycles. The molecule has 2 aromatic rings. The quantitative estimate of drug-likeness (QED) is 0.166. The van der Waals surface area contributed by atoms with Crippen molar-refractivity contribution in [3.05, 3.63) is 54.1 Å². The Hall–Kier alpha value is -2.49. The lowest BCUT2D eigenvalue weighted by Crippen LogP contribution is -2.39. The van der Waals surface area contributed by atoms with Crippen LogP contribution in [0.25, 0.3) is 0 Å². The Morgan fingerprint density at radius 2 is 1.84 bits per heavy atom. The minimum Gasteiger partial charge on any atom is -0.497 e. The summed E-state index contributed by atoms with van der Waals surface area (Å²) in [4.78, 5) is 15.8. The molecule has 0 aromatic heterocycles. The number of nitrogens with zero attached hydrogens (tertiary/aromatic N) is 1. The van der Waals surface area contributed by atoms with Gasteiger partial charge in [-0.15, -0.1) is 24.0 Å². The summed E-state index contributed by atoms with van der Waals surface area (Å²) in [5.74, 6) is 2.67. The van der Waals surface area contributed by atoms with Gasteiger partial charge in [-0.2, -0.15) is 0 Å². The van der Waals surface area contributed by atoms with Gasteiger partial charge >= 0.3 is 0 Å². The summed E-state index contributed by atoms with van der Waals surface area (Å²) < 4.78 is 11.0. The van der Waals surface area contributed by atoms with Crippen molar-refractivity contribution in [3.8, 4) is 11.5 Å². The van der Waals surface area contributed by atoms with Crippen molar-refractivity contribution in [2.75, 3.05) is 38.7 Å². The largest absolute Gasteiger partial charge is 0.497 e. The lowest BCUT2D eigenvalue weighted by molar-refractivity contribution is -0.114. The van der Waals surface area contributed by atoms with Crippen molar-refractivity contribution in [1.82, 2.24) is 10.6 Å². The molecule has 2 aromatic carbocycles. The maximum atomic E-state index is 11.2. The number of ether oxygens (including phenoxy) is 2. The van der Waals surface area contributed by atoms with Gasteiger partial charge in [0, 0.05) is 31.8 Å². The normalized spacial score (nSPS) is 11.7. The number of benzene rings is 2. The number of carbonyl (C=O) groups excluding carboxylic acids is 1. The monoisotopic (exact) mass is 554 g/mol. The fraction of sp³-hybridized carbons (Fsp3) is 0.417. The first kappa shape index (κ1) is 27.5. The maximum absolute atomic E-state index is 11.2. The van der Waals surface area contributed by atoms with E-state index in [0.29, 0.717) is 24.8 Å². The number of carbonyl (C=O) groups is 1. The summed E-state index contributed by atoms with van der Waals surface area (Å²) >= 11 is 0. The first-order chi connectivity index (χ1) is 15.0. The molecule has 1 amide bonds. The number of guanidine groups is 1. The third-order valence-electron chi connectivity index (χ3n) is 4.68. The predicted molar refractivity (Wildman–Crippen MR) is 142 cm³/mol. The van der Waals surface area contributed by atoms with Gasteiger partial charge in [0.15, 0.2) is 5.96 Å². The number of anilines is 1. The molecule has 1 atom stereocenters. The number of rotatable bonds is 11. The second kappa shape index (κ2) is 15.3. The van der Waals surface area contributed by atoms with Gasteiger partial charge < -0.3 is 25.4 Å². The highest BCUT2D eigenvalue weighted by Crippen LogP contribution is 2.21. The van der Waals surface area contributed by atoms with Gasteiger partial charge in [-0.05, 0) is 49.1 Å². The molecule has 32 heavy (non-hydrogen) atoms. The highest BCUT2D eigenvalue weighted by atomic mass is 127. The summed E-state index contributed by atoms with van der Waals surface area (Å²) in [5, 5.41) is 9.30. The fourth-order valence-electron chi connectivity index (χ4n) is 3.02. The van der Waals surface area contributed by atoms with Crippen LogP contribution in [0.1, 0.15) is 38.7 Å². The molecule has 0 bridgehead atoms. The van der Waals surface area contributed by atoms with Gasteiger partial charge in [0.05, 0.1) is 13.7 Å². The van der Waals surface area contributed by atoms with Crippen LogP contribution in [0.5, 0.6) is 11.5 Å². The number of methoxy groups -OCH3 is 1. The average molecular weight is 554 g/mol. The number of halogens is 1. The fourth-order valence-corrected chi connectivity index (χ4v) is 3.02. The summed E-state index contributed by atoms with van der Waals surface area (Å²) in [6.07, 6.45) is 0.954. The zero-order chi connectivity index (χ0) is 22.5. The summed E-state index contributed by atoms with van der Waals surface area (Å²) in [7, 11) is 1.68. The average Bonchev–Trinajstić information content (AvgIpc) is 2.76. The van der Waals surface area contributed by atoms with Crippen molar-refractivity contribution in [2.45, 2.75) is 33.1 Å². The van der Waals surface area contributed by atoms with Crippen LogP contribution in [-0.4, -0.2) is 45.2 Å². The first-order valence-corrected chi connectivity index (χ1v) is 10.7. The Morgan fingerprint density at radius 1 is 1.09 bits per heavy atom. The number of hydrogen-bond donors (Lipinski definition) is 3. The molecular formula is C24H35IN4O3. The van der Waals surface area contributed by atoms with E-state index in [9.17, 15) is 4.79 Å². The molecule has 176 valence electrons. The minimum atomic E-state index is -0.105. The van der Waals surface area contributed by atoms with Crippen LogP contribution in [0.15, 0.2) is 53.5 Å². The summed E-state index contributed by atoms with van der Waals surface area (Å²) in [6.45, 7) is 8.35. The SMILES string of the molecule is CCNC(=NCCC(C)c1ccc(OC)cc1)NCCOc1cccc(NC(C)=O)c1.I. The molecule has 0 aliphatic rings. The lowest BCUT2D eigenvalue weighted by atomic mass is 9.98. The predicted octanol–water partition coefficient (Wildman–Crippen LogP) is 4.40. The van der Waals surface area contributed by atoms with Gasteiger partial charge in [0.1, 0.15) is 18.1 Å². The third-order valence-corrected chi connectivity index (χ3v) is 4.68. The van der Waals surface area contributed by atoms with Crippen LogP contribution in [0.4, 0.5) is 5.69 Å². The van der Waals surface area contributed by atoms with E-state index in [1.807, 2.05) is 37.3 Å². The van der Waals surface area contributed by atoms with Crippen LogP contribution < -0.4 is 25.4 Å². The molecule has 0 saturated heterocycles. The van der Waals surface area contributed by atoms with E-state index in [0.717, 1.165) is 36.9 Å². The third kappa shape index (κ3) is 10.2. The maximum Gasteiger partial charge on any atom is 0.221 e. The van der Waals surface area contributed by atoms with Gasteiger partial charge in [-0.1, -0.05) is 25.1 Å². The van der Waals surface area contributed by atoms with Crippen LogP contribution in [0.2, 0.25) is 0 Å². The minimum absolute atomic E-state index is 0. The van der Waals surface area contributed by atoms with E-state index < -0.39 is 0 Å². The van der Waals surface area contributed by atoms with Gasteiger partial charge in [0.25, 0.3) is 0 Å². The summed E-state index contributed by atoms with van der Waals surface area (Å²) in [5.41, 5.74) is 2.00. The zero-order valence-electron chi connectivity index (χ0n) is 19.3. The number of amides is 1. The lowest BCUT2D eigenvalue weighted by Gasteiger charge is -2.14. The van der Waals surface area contributed by atoms with Crippen molar-refractivity contribution in [1.29, 1.82) is 0 Å². The van der Waals surface area contributed by atoms with E-state index in [2.05, 4.69) is 40.0 Å². The molecule has 1 unspecified atom stereocenters. The molecule has 0 fully saturated rings. The number of nitrogens with one attached hydrogen (secondary N) is 3. The van der Waals surface area contributed by atoms with Gasteiger partial charge in [0.2, 0.25) is 5.91 Å². The van der Waals surface area contributed by atoms with E-state index in [1.165, 1.54) is 12.5 Å². The number of aliphatic imine (C=N–C) groups is 1. The van der Waals surface area contributed by atoms with Gasteiger partial charge in [-0.25, -0.2) is 0 Å². The van der Waals surface area contributed by atoms with E-state index in [1.54, 1.807) is 13.2 Å². The molecule has 8 heteroatoms. The molecule has 7 nitrogen and oxygen atoms in total. The highest BCUT2D eigenvalue weighted by molar-refractivity contribution is 14.0. The van der Waals surface area contributed by atoms with Crippen molar-refractivity contribution in [3.63, 3.8) is 0 Å². The number of hydrogen-bond acceptors (Lipinski definition) is 4. The Labute approximate surface area is 208 Å². The Morgan fingerprint density at radius 3 is 2.50 bits per heavy atom. The van der Waals surface area contributed by atoms with Gasteiger partial charge in [-0.3, -0.25) is 9.79 Å². The topological polar surface area (TPSA) is 84.0 Å².